The summed E-state index contributed by atoms with van der Waals surface area (Å²) in [5.41, 5.74) is 1.40. The second kappa shape index (κ2) is 7.92. The average molecular weight is 433 g/mol. The van der Waals surface area contributed by atoms with Gasteiger partial charge in [-0.05, 0) is 35.2 Å². The fraction of sp³-hybridized carbons (Fsp3) is 0.167. The second-order valence-electron chi connectivity index (χ2n) is 7.29. The molecule has 31 heavy (non-hydrogen) atoms. The Hall–Kier alpha value is -3.58. The molecule has 156 valence electrons. The van der Waals surface area contributed by atoms with Crippen LogP contribution in [-0.4, -0.2) is 34.9 Å². The minimum absolute atomic E-state index is 0.0834. The number of fused-ring (bicyclic) bond motifs is 1. The molecular weight excluding hydrogens is 414 g/mol. The zero-order valence-corrected chi connectivity index (χ0v) is 17.3. The Morgan fingerprint density at radius 2 is 1.77 bits per heavy atom. The molecule has 1 N–H and O–H groups in total. The van der Waals surface area contributed by atoms with Crippen LogP contribution in [0, 0.1) is 0 Å². The molecule has 7 heteroatoms. The summed E-state index contributed by atoms with van der Waals surface area (Å²) in [6.45, 7) is 1.14. The van der Waals surface area contributed by atoms with Crippen LogP contribution in [0.2, 0.25) is 0 Å². The van der Waals surface area contributed by atoms with Crippen molar-refractivity contribution in [1.29, 1.82) is 0 Å². The van der Waals surface area contributed by atoms with Crippen LogP contribution >= 0.6 is 11.3 Å². The third kappa shape index (κ3) is 3.47. The Balaban J connectivity index is 1.60. The van der Waals surface area contributed by atoms with Crippen molar-refractivity contribution in [2.75, 3.05) is 13.2 Å². The van der Waals surface area contributed by atoms with E-state index in [2.05, 4.69) is 0 Å². The van der Waals surface area contributed by atoms with E-state index in [9.17, 15) is 14.7 Å². The number of hydrogen-bond acceptors (Lipinski definition) is 6. The molecule has 0 aliphatic carbocycles. The molecule has 1 unspecified atom stereocenters. The lowest BCUT2D eigenvalue weighted by Gasteiger charge is -2.24. The SMILES string of the molecule is O=C1C(=O)N(Cc2ccccc2)C(c2cccs2)C1=C(O)c1ccc2c(c1)OCCO2. The minimum Gasteiger partial charge on any atom is -0.507 e. The predicted octanol–water partition coefficient (Wildman–Crippen LogP) is 4.14. The maximum atomic E-state index is 13.1. The van der Waals surface area contributed by atoms with Gasteiger partial charge in [0.1, 0.15) is 19.0 Å². The quantitative estimate of drug-likeness (QED) is 0.380. The normalized spacial score (nSPS) is 19.6. The van der Waals surface area contributed by atoms with Crippen molar-refractivity contribution in [3.05, 3.63) is 87.6 Å². The molecule has 3 heterocycles. The van der Waals surface area contributed by atoms with Gasteiger partial charge in [-0.2, -0.15) is 0 Å². The molecule has 1 aromatic heterocycles. The zero-order chi connectivity index (χ0) is 21.4. The van der Waals surface area contributed by atoms with Crippen LogP contribution in [0.5, 0.6) is 11.5 Å². The molecule has 0 bridgehead atoms. The monoisotopic (exact) mass is 433 g/mol. The van der Waals surface area contributed by atoms with Crippen LogP contribution in [0.4, 0.5) is 0 Å². The number of aliphatic hydroxyl groups excluding tert-OH is 1. The summed E-state index contributed by atoms with van der Waals surface area (Å²) in [6, 6.07) is 17.6. The van der Waals surface area contributed by atoms with Crippen molar-refractivity contribution >= 4 is 28.8 Å². The Morgan fingerprint density at radius 3 is 2.52 bits per heavy atom. The first-order valence-corrected chi connectivity index (χ1v) is 10.8. The molecule has 1 amide bonds. The summed E-state index contributed by atoms with van der Waals surface area (Å²) in [7, 11) is 0. The molecule has 1 atom stereocenters. The summed E-state index contributed by atoms with van der Waals surface area (Å²) in [6.07, 6.45) is 0. The van der Waals surface area contributed by atoms with Gasteiger partial charge in [-0.25, -0.2) is 0 Å². The van der Waals surface area contributed by atoms with Crippen LogP contribution in [0.15, 0.2) is 71.6 Å². The van der Waals surface area contributed by atoms with Gasteiger partial charge in [-0.15, -0.1) is 11.3 Å². The number of carbonyl (C=O) groups is 2. The summed E-state index contributed by atoms with van der Waals surface area (Å²) in [4.78, 5) is 28.4. The fourth-order valence-corrected chi connectivity index (χ4v) is 4.76. The number of carbonyl (C=O) groups excluding carboxylic acids is 2. The summed E-state index contributed by atoms with van der Waals surface area (Å²) >= 11 is 1.44. The van der Waals surface area contributed by atoms with Gasteiger partial charge in [0.15, 0.2) is 11.5 Å². The Morgan fingerprint density at radius 1 is 1.00 bits per heavy atom. The molecule has 1 saturated heterocycles. The molecule has 2 aromatic carbocycles. The molecule has 0 spiro atoms. The molecule has 0 saturated carbocycles. The standard InChI is InChI=1S/C24H19NO5S/c26-22(16-8-9-17-18(13-16)30-11-10-29-17)20-21(19-7-4-12-31-19)25(24(28)23(20)27)14-15-5-2-1-3-6-15/h1-9,12-13,21,26H,10-11,14H2. The third-order valence-electron chi connectivity index (χ3n) is 5.36. The molecule has 3 aromatic rings. The Bertz CT molecular complexity index is 1170. The molecule has 5 rings (SSSR count). The molecule has 2 aliphatic rings. The van der Waals surface area contributed by atoms with Gasteiger partial charge < -0.3 is 19.5 Å². The van der Waals surface area contributed by atoms with Gasteiger partial charge in [0.25, 0.3) is 11.7 Å². The lowest BCUT2D eigenvalue weighted by molar-refractivity contribution is -0.140. The largest absolute Gasteiger partial charge is 0.507 e. The van der Waals surface area contributed by atoms with Gasteiger partial charge in [-0.3, -0.25) is 9.59 Å². The molecule has 1 fully saturated rings. The van der Waals surface area contributed by atoms with E-state index in [4.69, 9.17) is 9.47 Å². The van der Waals surface area contributed by atoms with Crippen LogP contribution in [0.25, 0.3) is 5.76 Å². The highest BCUT2D eigenvalue weighted by molar-refractivity contribution is 7.10. The van der Waals surface area contributed by atoms with Crippen molar-refractivity contribution in [2.45, 2.75) is 12.6 Å². The highest BCUT2D eigenvalue weighted by Gasteiger charge is 2.46. The molecule has 2 aliphatic heterocycles. The van der Waals surface area contributed by atoms with Gasteiger partial charge in [0.05, 0.1) is 11.6 Å². The number of rotatable bonds is 4. The van der Waals surface area contributed by atoms with Crippen molar-refractivity contribution in [2.24, 2.45) is 0 Å². The molecular formula is C24H19NO5S. The van der Waals surface area contributed by atoms with Crippen LogP contribution in [-0.2, 0) is 16.1 Å². The first-order valence-electron chi connectivity index (χ1n) is 9.89. The maximum absolute atomic E-state index is 13.1. The smallest absolute Gasteiger partial charge is 0.295 e. The lowest BCUT2D eigenvalue weighted by atomic mass is 9.99. The van der Waals surface area contributed by atoms with Crippen molar-refractivity contribution in [3.63, 3.8) is 0 Å². The Labute approximate surface area is 183 Å². The first-order chi connectivity index (χ1) is 15.1. The average Bonchev–Trinajstić information content (AvgIpc) is 3.42. The van der Waals surface area contributed by atoms with Gasteiger partial charge in [0, 0.05) is 17.0 Å². The highest BCUT2D eigenvalue weighted by Crippen LogP contribution is 2.43. The highest BCUT2D eigenvalue weighted by atomic mass is 32.1. The minimum atomic E-state index is -0.693. The predicted molar refractivity (Wildman–Crippen MR) is 116 cm³/mol. The molecule has 6 nitrogen and oxygen atoms in total. The number of benzene rings is 2. The van der Waals surface area contributed by atoms with E-state index in [1.54, 1.807) is 18.2 Å². The summed E-state index contributed by atoms with van der Waals surface area (Å²) in [5.74, 6) is -0.448. The number of hydrogen-bond donors (Lipinski definition) is 1. The van der Waals surface area contributed by atoms with Crippen molar-refractivity contribution in [3.8, 4) is 11.5 Å². The van der Waals surface area contributed by atoms with E-state index >= 15 is 0 Å². The van der Waals surface area contributed by atoms with E-state index in [0.717, 1.165) is 10.4 Å². The zero-order valence-electron chi connectivity index (χ0n) is 16.5. The van der Waals surface area contributed by atoms with Crippen LogP contribution < -0.4 is 9.47 Å². The van der Waals surface area contributed by atoms with Crippen molar-refractivity contribution < 1.29 is 24.2 Å². The number of Topliss-reactive ketones (excluding diaryl/α,β-unsaturated/α-hetero) is 1. The number of thiophene rings is 1. The van der Waals surface area contributed by atoms with Crippen LogP contribution in [0.1, 0.15) is 22.0 Å². The lowest BCUT2D eigenvalue weighted by Crippen LogP contribution is -2.28. The van der Waals surface area contributed by atoms with E-state index in [-0.39, 0.29) is 17.9 Å². The first kappa shape index (κ1) is 19.4. The van der Waals surface area contributed by atoms with Gasteiger partial charge in [0.2, 0.25) is 0 Å². The van der Waals surface area contributed by atoms with E-state index < -0.39 is 17.7 Å². The van der Waals surface area contributed by atoms with Crippen molar-refractivity contribution in [1.82, 2.24) is 4.90 Å². The maximum Gasteiger partial charge on any atom is 0.295 e. The van der Waals surface area contributed by atoms with Crippen LogP contribution in [0.3, 0.4) is 0 Å². The second-order valence-corrected chi connectivity index (χ2v) is 8.27. The van der Waals surface area contributed by atoms with Gasteiger partial charge >= 0.3 is 0 Å². The Kier molecular flexibility index (Phi) is 4.95. The van der Waals surface area contributed by atoms with E-state index in [1.807, 2.05) is 47.8 Å². The summed E-state index contributed by atoms with van der Waals surface area (Å²) in [5, 5.41) is 13.0. The van der Waals surface area contributed by atoms with E-state index in [0.29, 0.717) is 30.3 Å². The summed E-state index contributed by atoms with van der Waals surface area (Å²) < 4.78 is 11.1. The number of aliphatic hydroxyl groups is 1. The fourth-order valence-electron chi connectivity index (χ4n) is 3.91. The number of ether oxygens (including phenoxy) is 2. The molecule has 0 radical (unpaired) electrons. The topological polar surface area (TPSA) is 76.1 Å². The number of nitrogens with zero attached hydrogens (tertiary/aromatic N) is 1. The van der Waals surface area contributed by atoms with Gasteiger partial charge in [-0.1, -0.05) is 36.4 Å². The van der Waals surface area contributed by atoms with E-state index in [1.165, 1.54) is 16.2 Å². The number of ketones is 1. The number of amides is 1. The number of likely N-dealkylation sites (tertiary alicyclic amines) is 1. The third-order valence-corrected chi connectivity index (χ3v) is 6.29.